The van der Waals surface area contributed by atoms with Crippen molar-refractivity contribution >= 4 is 17.6 Å². The van der Waals surface area contributed by atoms with Gasteiger partial charge in [-0.3, -0.25) is 4.90 Å². The fourth-order valence-electron chi connectivity index (χ4n) is 7.03. The minimum absolute atomic E-state index is 0.109. The second-order valence-corrected chi connectivity index (χ2v) is 10.7. The van der Waals surface area contributed by atoms with Gasteiger partial charge in [-0.15, -0.1) is 0 Å². The number of halogens is 2. The van der Waals surface area contributed by atoms with Crippen LogP contribution in [0.5, 0.6) is 0 Å². The Balaban J connectivity index is 1.47. The Morgan fingerprint density at radius 3 is 2.50 bits per heavy atom. The number of aliphatic carboxylic acids is 1. The van der Waals surface area contributed by atoms with Crippen LogP contribution in [0.4, 0.5) is 8.78 Å². The SMILES string of the molecule is CCC1CC2=C(Cc3ccccc32)C(c2c(F)cc(/C=C/C(=O)O)cc2F)N1CC12CC(C1)C2. The first-order valence-electron chi connectivity index (χ1n) is 12.3. The number of nitrogens with zero attached hydrogens (tertiary/aromatic N) is 1. The second-order valence-electron chi connectivity index (χ2n) is 10.7. The normalized spacial score (nSPS) is 29.6. The molecule has 176 valence electrons. The first kappa shape index (κ1) is 21.7. The molecule has 5 aliphatic rings. The minimum Gasteiger partial charge on any atom is -0.478 e. The van der Waals surface area contributed by atoms with Gasteiger partial charge in [0.2, 0.25) is 0 Å². The van der Waals surface area contributed by atoms with Crippen molar-refractivity contribution in [2.75, 3.05) is 6.54 Å². The van der Waals surface area contributed by atoms with Crippen molar-refractivity contribution in [3.05, 3.63) is 81.9 Å². The van der Waals surface area contributed by atoms with E-state index in [0.29, 0.717) is 5.41 Å². The summed E-state index contributed by atoms with van der Waals surface area (Å²) in [5.41, 5.74) is 5.50. The van der Waals surface area contributed by atoms with Crippen LogP contribution in [0.3, 0.4) is 0 Å². The Morgan fingerprint density at radius 1 is 1.18 bits per heavy atom. The van der Waals surface area contributed by atoms with E-state index < -0.39 is 23.6 Å². The predicted octanol–water partition coefficient (Wildman–Crippen LogP) is 6.40. The highest BCUT2D eigenvalue weighted by Crippen LogP contribution is 2.65. The van der Waals surface area contributed by atoms with Gasteiger partial charge < -0.3 is 5.11 Å². The van der Waals surface area contributed by atoms with Crippen molar-refractivity contribution in [2.24, 2.45) is 11.3 Å². The summed E-state index contributed by atoms with van der Waals surface area (Å²) in [6.07, 6.45) is 8.43. The molecule has 1 aliphatic heterocycles. The van der Waals surface area contributed by atoms with Crippen LogP contribution < -0.4 is 0 Å². The van der Waals surface area contributed by atoms with Gasteiger partial charge in [-0.05, 0) is 95.9 Å². The van der Waals surface area contributed by atoms with E-state index in [-0.39, 0.29) is 17.2 Å². The van der Waals surface area contributed by atoms with Crippen molar-refractivity contribution < 1.29 is 18.7 Å². The maximum absolute atomic E-state index is 15.7. The number of rotatable bonds is 6. The van der Waals surface area contributed by atoms with E-state index in [2.05, 4.69) is 24.0 Å². The predicted molar refractivity (Wildman–Crippen MR) is 128 cm³/mol. The third-order valence-corrected chi connectivity index (χ3v) is 8.63. The lowest BCUT2D eigenvalue weighted by Gasteiger charge is -2.64. The van der Waals surface area contributed by atoms with Gasteiger partial charge in [0.05, 0.1) is 6.04 Å². The van der Waals surface area contributed by atoms with E-state index in [1.807, 2.05) is 12.1 Å². The van der Waals surface area contributed by atoms with Crippen molar-refractivity contribution in [3.8, 4) is 0 Å². The number of carbonyl (C=O) groups is 1. The summed E-state index contributed by atoms with van der Waals surface area (Å²) < 4.78 is 31.4. The molecule has 0 saturated heterocycles. The first-order valence-corrected chi connectivity index (χ1v) is 12.3. The van der Waals surface area contributed by atoms with E-state index in [1.54, 1.807) is 0 Å². The zero-order valence-electron chi connectivity index (χ0n) is 19.4. The van der Waals surface area contributed by atoms with Gasteiger partial charge in [0.15, 0.2) is 0 Å². The van der Waals surface area contributed by atoms with E-state index in [4.69, 9.17) is 5.11 Å². The molecule has 4 aliphatic carbocycles. The molecule has 1 N–H and O–H groups in total. The van der Waals surface area contributed by atoms with Crippen molar-refractivity contribution in [1.29, 1.82) is 0 Å². The summed E-state index contributed by atoms with van der Waals surface area (Å²) in [5, 5.41) is 8.91. The van der Waals surface area contributed by atoms with Gasteiger partial charge in [-0.25, -0.2) is 13.6 Å². The molecule has 1 heterocycles. The highest BCUT2D eigenvalue weighted by Gasteiger charge is 2.58. The van der Waals surface area contributed by atoms with Gasteiger partial charge >= 0.3 is 5.97 Å². The molecular weight excluding hydrogens is 432 g/mol. The summed E-state index contributed by atoms with van der Waals surface area (Å²) >= 11 is 0. The fraction of sp³-hybridized carbons (Fsp3) is 0.414. The lowest BCUT2D eigenvalue weighted by atomic mass is 9.44. The van der Waals surface area contributed by atoms with Crippen LogP contribution in [0, 0.1) is 23.0 Å². The van der Waals surface area contributed by atoms with Crippen molar-refractivity contribution in [1.82, 2.24) is 4.90 Å². The third-order valence-electron chi connectivity index (χ3n) is 8.63. The number of fused-ring (bicyclic) bond motifs is 2. The van der Waals surface area contributed by atoms with E-state index in [0.717, 1.165) is 43.4 Å². The van der Waals surface area contributed by atoms with Gasteiger partial charge in [-0.2, -0.15) is 0 Å². The van der Waals surface area contributed by atoms with Crippen LogP contribution in [-0.4, -0.2) is 28.6 Å². The van der Waals surface area contributed by atoms with Crippen LogP contribution in [0.2, 0.25) is 0 Å². The zero-order valence-corrected chi connectivity index (χ0v) is 19.4. The maximum Gasteiger partial charge on any atom is 0.328 e. The largest absolute Gasteiger partial charge is 0.478 e. The third kappa shape index (κ3) is 3.36. The monoisotopic (exact) mass is 461 g/mol. The average Bonchev–Trinajstić information content (AvgIpc) is 3.12. The summed E-state index contributed by atoms with van der Waals surface area (Å²) in [4.78, 5) is 13.3. The molecule has 7 rings (SSSR count). The quantitative estimate of drug-likeness (QED) is 0.506. The highest BCUT2D eigenvalue weighted by atomic mass is 19.1. The Kier molecular flexibility index (Phi) is 5.03. The Morgan fingerprint density at radius 2 is 1.88 bits per heavy atom. The van der Waals surface area contributed by atoms with Gasteiger partial charge in [0.1, 0.15) is 11.6 Å². The van der Waals surface area contributed by atoms with Crippen LogP contribution >= 0.6 is 0 Å². The van der Waals surface area contributed by atoms with E-state index in [9.17, 15) is 4.79 Å². The summed E-state index contributed by atoms with van der Waals surface area (Å²) in [6, 6.07) is 10.7. The van der Waals surface area contributed by atoms with Crippen LogP contribution in [-0.2, 0) is 11.2 Å². The topological polar surface area (TPSA) is 40.5 Å². The summed E-state index contributed by atoms with van der Waals surface area (Å²) in [7, 11) is 0. The van der Waals surface area contributed by atoms with Crippen LogP contribution in [0.15, 0.2) is 48.0 Å². The molecule has 2 aromatic rings. The Hall–Kier alpha value is -2.79. The molecule has 0 spiro atoms. The smallest absolute Gasteiger partial charge is 0.328 e. The molecular formula is C29H29F2NO2. The van der Waals surface area contributed by atoms with Crippen molar-refractivity contribution in [3.63, 3.8) is 0 Å². The maximum atomic E-state index is 15.7. The molecule has 0 aromatic heterocycles. The lowest BCUT2D eigenvalue weighted by Crippen LogP contribution is -2.60. The molecule has 0 radical (unpaired) electrons. The second kappa shape index (κ2) is 7.88. The van der Waals surface area contributed by atoms with Gasteiger partial charge in [0.25, 0.3) is 0 Å². The van der Waals surface area contributed by atoms with Crippen LogP contribution in [0.25, 0.3) is 11.6 Å². The first-order chi connectivity index (χ1) is 16.4. The lowest BCUT2D eigenvalue weighted by molar-refractivity contribution is -0.136. The minimum atomic E-state index is -1.15. The fourth-order valence-corrected chi connectivity index (χ4v) is 7.03. The van der Waals surface area contributed by atoms with Gasteiger partial charge in [0, 0.05) is 24.2 Å². The molecule has 2 unspecified atom stereocenters. The van der Waals surface area contributed by atoms with Crippen LogP contribution in [0.1, 0.15) is 67.3 Å². The van der Waals surface area contributed by atoms with E-state index in [1.165, 1.54) is 54.2 Å². The Bertz CT molecular complexity index is 1210. The number of hydrogen-bond acceptors (Lipinski definition) is 2. The standard InChI is InChI=1S/C29H29F2NO2/c1-2-20-12-22-21-6-4-3-5-19(21)11-23(22)28(32(20)16-29-13-18(14-29)15-29)27-24(30)9-17(10-25(27)31)7-8-26(33)34/h3-10,18,20,28H,2,11-16H2,1H3,(H,33,34)/b8-7+. The summed E-state index contributed by atoms with van der Waals surface area (Å²) in [5.74, 6) is -1.50. The van der Waals surface area contributed by atoms with Gasteiger partial charge in [-0.1, -0.05) is 31.2 Å². The summed E-state index contributed by atoms with van der Waals surface area (Å²) in [6.45, 7) is 3.06. The number of hydrogen-bond donors (Lipinski definition) is 1. The molecule has 3 saturated carbocycles. The molecule has 2 atom stereocenters. The van der Waals surface area contributed by atoms with Crippen molar-refractivity contribution in [2.45, 2.75) is 57.5 Å². The molecule has 2 aromatic carbocycles. The van der Waals surface area contributed by atoms with E-state index >= 15 is 8.78 Å². The molecule has 5 heteroatoms. The number of benzene rings is 2. The molecule has 3 nitrogen and oxygen atoms in total. The highest BCUT2D eigenvalue weighted by molar-refractivity contribution is 5.85. The Labute approximate surface area is 198 Å². The zero-order chi connectivity index (χ0) is 23.6. The molecule has 3 fully saturated rings. The average molecular weight is 462 g/mol. The molecule has 34 heavy (non-hydrogen) atoms. The molecule has 2 bridgehead atoms. The number of carboxylic acids is 1. The number of carboxylic acid groups (broad SMARTS) is 1. The molecule has 0 amide bonds.